The minimum absolute atomic E-state index is 0.286. The molecule has 5 rings (SSSR count). The first-order valence-corrected chi connectivity index (χ1v) is 13.5. The van der Waals surface area contributed by atoms with Gasteiger partial charge < -0.3 is 23.8 Å². The van der Waals surface area contributed by atoms with Gasteiger partial charge in [0, 0.05) is 26.0 Å². The summed E-state index contributed by atoms with van der Waals surface area (Å²) < 4.78 is 23.2. The molecule has 0 radical (unpaired) electrons. The Morgan fingerprint density at radius 2 is 1.87 bits per heavy atom. The minimum atomic E-state index is -0.636. The van der Waals surface area contributed by atoms with Gasteiger partial charge in [-0.3, -0.25) is 0 Å². The zero-order valence-electron chi connectivity index (χ0n) is 22.5. The molecule has 0 aliphatic carbocycles. The van der Waals surface area contributed by atoms with Crippen LogP contribution in [0.2, 0.25) is 0 Å². The summed E-state index contributed by atoms with van der Waals surface area (Å²) in [6, 6.07) is 23.9. The van der Waals surface area contributed by atoms with Crippen LogP contribution < -0.4 is 9.47 Å². The average Bonchev–Trinajstić information content (AvgIpc) is 3.32. The van der Waals surface area contributed by atoms with E-state index in [-0.39, 0.29) is 12.2 Å². The van der Waals surface area contributed by atoms with Crippen molar-refractivity contribution in [1.82, 2.24) is 4.90 Å². The lowest BCUT2D eigenvalue weighted by Gasteiger charge is -2.32. The van der Waals surface area contributed by atoms with E-state index in [2.05, 4.69) is 12.1 Å². The predicted octanol–water partition coefficient (Wildman–Crippen LogP) is 6.34. The molecule has 0 spiro atoms. The maximum Gasteiger partial charge on any atom is 0.410 e. The summed E-state index contributed by atoms with van der Waals surface area (Å²) in [7, 11) is 0. The number of nitriles is 1. The van der Waals surface area contributed by atoms with E-state index >= 15 is 0 Å². The highest BCUT2D eigenvalue weighted by molar-refractivity contribution is 5.70. The second-order valence-corrected chi connectivity index (χ2v) is 10.5. The third-order valence-electron chi connectivity index (χ3n) is 7.05. The maximum absolute atomic E-state index is 12.5. The van der Waals surface area contributed by atoms with E-state index in [0.717, 1.165) is 53.9 Å². The highest BCUT2D eigenvalue weighted by atomic mass is 16.7. The zero-order valence-corrected chi connectivity index (χ0v) is 22.5. The summed E-state index contributed by atoms with van der Waals surface area (Å²) in [4.78, 5) is 14.3. The van der Waals surface area contributed by atoms with Gasteiger partial charge in [0.1, 0.15) is 17.6 Å². The second kappa shape index (κ2) is 11.8. The van der Waals surface area contributed by atoms with E-state index in [1.54, 1.807) is 4.90 Å². The normalized spacial score (nSPS) is 17.6. The number of nitrogens with zero attached hydrogens (tertiary/aromatic N) is 2. The predicted molar refractivity (Wildman–Crippen MR) is 146 cm³/mol. The number of carbonyl (C=O) groups is 1. The second-order valence-electron chi connectivity index (χ2n) is 10.5. The molecule has 2 aliphatic heterocycles. The molecule has 1 fully saturated rings. The molecular formula is C32H34N2O5. The summed E-state index contributed by atoms with van der Waals surface area (Å²) in [6.45, 7) is 6.02. The molecule has 7 nitrogen and oxygen atoms in total. The van der Waals surface area contributed by atoms with E-state index in [0.29, 0.717) is 31.9 Å². The highest BCUT2D eigenvalue weighted by Gasteiger charge is 2.33. The molecule has 39 heavy (non-hydrogen) atoms. The van der Waals surface area contributed by atoms with Crippen molar-refractivity contribution in [1.29, 1.82) is 5.26 Å². The standard InChI is InChI=1S/C32H34N2O5/c1-32(2)37-22-27-19-26(11-14-29(27)39-32)30-21-34(31(35)38-30)16-15-23-9-12-28(13-10-23)36-17-4-3-6-24-7-5-8-25(18-24)20-33/h5,7-14,18-19,30H,3-4,6,15-17,21-22H2,1-2H3/t30-/m0/s1. The Balaban J connectivity index is 1.04. The fourth-order valence-corrected chi connectivity index (χ4v) is 4.86. The molecular weight excluding hydrogens is 492 g/mol. The number of carbonyl (C=O) groups excluding carboxylic acids is 1. The van der Waals surface area contributed by atoms with Crippen molar-refractivity contribution in [2.45, 2.75) is 58.0 Å². The van der Waals surface area contributed by atoms with E-state index in [1.807, 2.05) is 74.5 Å². The monoisotopic (exact) mass is 526 g/mol. The summed E-state index contributed by atoms with van der Waals surface area (Å²) in [5.74, 6) is 1.02. The molecule has 1 saturated heterocycles. The fraction of sp³-hybridized carbons (Fsp3) is 0.375. The molecule has 3 aromatic carbocycles. The molecule has 202 valence electrons. The Morgan fingerprint density at radius 1 is 1.03 bits per heavy atom. The number of aryl methyl sites for hydroxylation is 1. The van der Waals surface area contributed by atoms with Crippen LogP contribution in [0.1, 0.15) is 60.6 Å². The number of hydrogen-bond donors (Lipinski definition) is 0. The molecule has 0 unspecified atom stereocenters. The zero-order chi connectivity index (χ0) is 27.2. The Labute approximate surface area is 229 Å². The largest absolute Gasteiger partial charge is 0.494 e. The van der Waals surface area contributed by atoms with Crippen molar-refractivity contribution in [3.63, 3.8) is 0 Å². The molecule has 2 heterocycles. The third kappa shape index (κ3) is 6.90. The van der Waals surface area contributed by atoms with Gasteiger partial charge in [-0.05, 0) is 78.8 Å². The first kappa shape index (κ1) is 26.6. The molecule has 0 saturated carbocycles. The van der Waals surface area contributed by atoms with Crippen LogP contribution in [-0.2, 0) is 28.9 Å². The number of fused-ring (bicyclic) bond motifs is 1. The SMILES string of the molecule is CC1(C)OCc2cc([C@@H]3CN(CCc4ccc(OCCCCc5cccc(C#N)c5)cc4)C(=O)O3)ccc2O1. The number of hydrogen-bond acceptors (Lipinski definition) is 6. The summed E-state index contributed by atoms with van der Waals surface area (Å²) in [5.41, 5.74) is 4.95. The van der Waals surface area contributed by atoms with Crippen LogP contribution in [0.25, 0.3) is 0 Å². The quantitative estimate of drug-likeness (QED) is 0.287. The molecule has 3 aromatic rings. The van der Waals surface area contributed by atoms with Crippen molar-refractivity contribution < 1.29 is 23.7 Å². The lowest BCUT2D eigenvalue weighted by atomic mass is 10.0. The Morgan fingerprint density at radius 3 is 2.69 bits per heavy atom. The van der Waals surface area contributed by atoms with Gasteiger partial charge in [-0.15, -0.1) is 0 Å². The van der Waals surface area contributed by atoms with Crippen molar-refractivity contribution in [3.05, 3.63) is 94.5 Å². The van der Waals surface area contributed by atoms with Crippen LogP contribution in [0, 0.1) is 11.3 Å². The van der Waals surface area contributed by atoms with Gasteiger partial charge in [0.2, 0.25) is 5.79 Å². The van der Waals surface area contributed by atoms with E-state index in [9.17, 15) is 4.79 Å². The van der Waals surface area contributed by atoms with Gasteiger partial charge >= 0.3 is 6.09 Å². The Kier molecular flexibility index (Phi) is 8.04. The lowest BCUT2D eigenvalue weighted by Crippen LogP contribution is -2.35. The summed E-state index contributed by atoms with van der Waals surface area (Å²) in [5, 5.41) is 9.02. The molecule has 1 amide bonds. The highest BCUT2D eigenvalue weighted by Crippen LogP contribution is 2.35. The Hall–Kier alpha value is -4.02. The first-order chi connectivity index (χ1) is 18.9. The van der Waals surface area contributed by atoms with Gasteiger partial charge in [0.15, 0.2) is 0 Å². The van der Waals surface area contributed by atoms with Gasteiger partial charge in [-0.25, -0.2) is 4.79 Å². The lowest BCUT2D eigenvalue weighted by molar-refractivity contribution is -0.180. The van der Waals surface area contributed by atoms with E-state index < -0.39 is 5.79 Å². The number of ether oxygens (including phenoxy) is 4. The summed E-state index contributed by atoms with van der Waals surface area (Å²) in [6.07, 6.45) is 3.04. The number of benzene rings is 3. The smallest absolute Gasteiger partial charge is 0.410 e. The summed E-state index contributed by atoms with van der Waals surface area (Å²) >= 11 is 0. The van der Waals surface area contributed by atoms with Crippen LogP contribution in [-0.4, -0.2) is 36.5 Å². The van der Waals surface area contributed by atoms with E-state index in [4.69, 9.17) is 24.2 Å². The van der Waals surface area contributed by atoms with Gasteiger partial charge in [0.25, 0.3) is 0 Å². The van der Waals surface area contributed by atoms with Crippen LogP contribution in [0.15, 0.2) is 66.7 Å². The molecule has 1 atom stereocenters. The molecule has 0 aromatic heterocycles. The van der Waals surface area contributed by atoms with Crippen molar-refractivity contribution in [2.24, 2.45) is 0 Å². The Bertz CT molecular complexity index is 1350. The van der Waals surface area contributed by atoms with Gasteiger partial charge in [0.05, 0.1) is 31.4 Å². The molecule has 7 heteroatoms. The van der Waals surface area contributed by atoms with Crippen molar-refractivity contribution >= 4 is 6.09 Å². The van der Waals surface area contributed by atoms with Crippen molar-refractivity contribution in [3.8, 4) is 17.6 Å². The fourth-order valence-electron chi connectivity index (χ4n) is 4.86. The van der Waals surface area contributed by atoms with Gasteiger partial charge in [-0.1, -0.05) is 30.3 Å². The third-order valence-corrected chi connectivity index (χ3v) is 7.05. The number of rotatable bonds is 10. The minimum Gasteiger partial charge on any atom is -0.494 e. The topological polar surface area (TPSA) is 81.0 Å². The maximum atomic E-state index is 12.5. The van der Waals surface area contributed by atoms with Crippen LogP contribution >= 0.6 is 0 Å². The number of cyclic esters (lactones) is 1. The van der Waals surface area contributed by atoms with Gasteiger partial charge in [-0.2, -0.15) is 5.26 Å². The number of amides is 1. The average molecular weight is 527 g/mol. The molecule has 0 N–H and O–H groups in total. The van der Waals surface area contributed by atoms with Crippen LogP contribution in [0.3, 0.4) is 0 Å². The van der Waals surface area contributed by atoms with Crippen molar-refractivity contribution in [2.75, 3.05) is 19.7 Å². The molecule has 0 bridgehead atoms. The first-order valence-electron chi connectivity index (χ1n) is 13.5. The van der Waals surface area contributed by atoms with Crippen LogP contribution in [0.5, 0.6) is 11.5 Å². The van der Waals surface area contributed by atoms with E-state index in [1.165, 1.54) is 5.56 Å². The number of unbranched alkanes of at least 4 members (excludes halogenated alkanes) is 1. The molecule has 2 aliphatic rings. The van der Waals surface area contributed by atoms with Crippen LogP contribution in [0.4, 0.5) is 4.79 Å².